The molecule has 0 aliphatic carbocycles. The molecule has 2 N–H and O–H groups in total. The zero-order valence-electron chi connectivity index (χ0n) is 10.7. The van der Waals surface area contributed by atoms with E-state index in [1.807, 2.05) is 6.92 Å². The summed E-state index contributed by atoms with van der Waals surface area (Å²) in [7, 11) is 0. The van der Waals surface area contributed by atoms with E-state index in [1.54, 1.807) is 0 Å². The minimum absolute atomic E-state index is 0.216. The lowest BCUT2D eigenvalue weighted by atomic mass is 9.74. The van der Waals surface area contributed by atoms with Gasteiger partial charge in [-0.25, -0.2) is 0 Å². The SMILES string of the molecule is CC(O)C(C)N1CCCC2(CCCNC2)C1. The van der Waals surface area contributed by atoms with Crippen LogP contribution in [0.15, 0.2) is 0 Å². The fourth-order valence-corrected chi connectivity index (χ4v) is 3.28. The molecule has 3 atom stereocenters. The zero-order chi connectivity index (χ0) is 11.6. The fraction of sp³-hybridized carbons (Fsp3) is 1.00. The summed E-state index contributed by atoms with van der Waals surface area (Å²) in [6.07, 6.45) is 5.12. The number of aliphatic hydroxyl groups excluding tert-OH is 1. The van der Waals surface area contributed by atoms with Crippen molar-refractivity contribution in [3.05, 3.63) is 0 Å². The quantitative estimate of drug-likeness (QED) is 0.743. The van der Waals surface area contributed by atoms with Gasteiger partial charge in [0.05, 0.1) is 6.10 Å². The van der Waals surface area contributed by atoms with Crippen LogP contribution in [0.1, 0.15) is 39.5 Å². The van der Waals surface area contributed by atoms with Crippen molar-refractivity contribution in [2.45, 2.75) is 51.7 Å². The van der Waals surface area contributed by atoms with Crippen LogP contribution in [0.4, 0.5) is 0 Å². The molecular weight excluding hydrogens is 200 g/mol. The molecule has 2 heterocycles. The Labute approximate surface area is 99.2 Å². The van der Waals surface area contributed by atoms with Gasteiger partial charge in [-0.1, -0.05) is 0 Å². The first-order valence-corrected chi connectivity index (χ1v) is 6.76. The molecule has 2 aliphatic heterocycles. The molecule has 3 nitrogen and oxygen atoms in total. The maximum atomic E-state index is 9.70. The number of nitrogens with one attached hydrogen (secondary N) is 1. The summed E-state index contributed by atoms with van der Waals surface area (Å²) in [6, 6.07) is 0.305. The summed E-state index contributed by atoms with van der Waals surface area (Å²) in [5.74, 6) is 0. The summed E-state index contributed by atoms with van der Waals surface area (Å²) < 4.78 is 0. The molecule has 0 aromatic heterocycles. The number of rotatable bonds is 2. The van der Waals surface area contributed by atoms with Crippen LogP contribution in [-0.4, -0.2) is 48.3 Å². The number of nitrogens with zero attached hydrogens (tertiary/aromatic N) is 1. The van der Waals surface area contributed by atoms with Gasteiger partial charge < -0.3 is 10.4 Å². The van der Waals surface area contributed by atoms with Crippen molar-refractivity contribution >= 4 is 0 Å². The third kappa shape index (κ3) is 2.58. The minimum atomic E-state index is -0.216. The number of hydrogen-bond acceptors (Lipinski definition) is 3. The van der Waals surface area contributed by atoms with Gasteiger partial charge in [0.15, 0.2) is 0 Å². The highest BCUT2D eigenvalue weighted by atomic mass is 16.3. The van der Waals surface area contributed by atoms with Crippen LogP contribution in [0.3, 0.4) is 0 Å². The molecule has 0 aromatic carbocycles. The molecule has 2 saturated heterocycles. The summed E-state index contributed by atoms with van der Waals surface area (Å²) in [5, 5.41) is 13.2. The van der Waals surface area contributed by atoms with Crippen molar-refractivity contribution in [3.63, 3.8) is 0 Å². The second kappa shape index (κ2) is 5.03. The fourth-order valence-electron chi connectivity index (χ4n) is 3.28. The van der Waals surface area contributed by atoms with E-state index in [1.165, 1.54) is 45.3 Å². The normalized spacial score (nSPS) is 36.2. The average Bonchev–Trinajstić information content (AvgIpc) is 2.29. The number of hydrogen-bond donors (Lipinski definition) is 2. The maximum Gasteiger partial charge on any atom is 0.0664 e. The molecule has 3 unspecified atom stereocenters. The molecular formula is C13H26N2O. The van der Waals surface area contributed by atoms with Crippen molar-refractivity contribution in [1.29, 1.82) is 0 Å². The van der Waals surface area contributed by atoms with E-state index >= 15 is 0 Å². The average molecular weight is 226 g/mol. The molecule has 0 saturated carbocycles. The molecule has 0 radical (unpaired) electrons. The topological polar surface area (TPSA) is 35.5 Å². The minimum Gasteiger partial charge on any atom is -0.392 e. The van der Waals surface area contributed by atoms with Crippen LogP contribution in [0.5, 0.6) is 0 Å². The van der Waals surface area contributed by atoms with Gasteiger partial charge in [0.2, 0.25) is 0 Å². The van der Waals surface area contributed by atoms with Crippen LogP contribution in [0.2, 0.25) is 0 Å². The Hall–Kier alpha value is -0.120. The lowest BCUT2D eigenvalue weighted by Crippen LogP contribution is -2.54. The van der Waals surface area contributed by atoms with Gasteiger partial charge in [-0.15, -0.1) is 0 Å². The van der Waals surface area contributed by atoms with Crippen LogP contribution >= 0.6 is 0 Å². The van der Waals surface area contributed by atoms with Crippen LogP contribution in [0.25, 0.3) is 0 Å². The zero-order valence-corrected chi connectivity index (χ0v) is 10.7. The van der Waals surface area contributed by atoms with Crippen molar-refractivity contribution < 1.29 is 5.11 Å². The summed E-state index contributed by atoms with van der Waals surface area (Å²) in [6.45, 7) is 8.76. The predicted octanol–water partition coefficient (Wildman–Crippen LogP) is 1.22. The first kappa shape index (κ1) is 12.3. The predicted molar refractivity (Wildman–Crippen MR) is 66.5 cm³/mol. The Morgan fingerprint density at radius 2 is 2.00 bits per heavy atom. The van der Waals surface area contributed by atoms with Gasteiger partial charge in [-0.05, 0) is 58.0 Å². The lowest BCUT2D eigenvalue weighted by Gasteiger charge is -2.47. The van der Waals surface area contributed by atoms with E-state index in [0.29, 0.717) is 11.5 Å². The Morgan fingerprint density at radius 1 is 1.25 bits per heavy atom. The molecule has 2 aliphatic rings. The van der Waals surface area contributed by atoms with E-state index in [4.69, 9.17) is 0 Å². The second-order valence-electron chi connectivity index (χ2n) is 5.84. The summed E-state index contributed by atoms with van der Waals surface area (Å²) >= 11 is 0. The number of aliphatic hydroxyl groups is 1. The highest BCUT2D eigenvalue weighted by Crippen LogP contribution is 2.36. The van der Waals surface area contributed by atoms with E-state index in [9.17, 15) is 5.11 Å². The Morgan fingerprint density at radius 3 is 2.62 bits per heavy atom. The monoisotopic (exact) mass is 226 g/mol. The van der Waals surface area contributed by atoms with Crippen LogP contribution in [-0.2, 0) is 0 Å². The van der Waals surface area contributed by atoms with Crippen molar-refractivity contribution in [2.24, 2.45) is 5.41 Å². The largest absolute Gasteiger partial charge is 0.392 e. The van der Waals surface area contributed by atoms with Gasteiger partial charge in [0, 0.05) is 19.1 Å². The Balaban J connectivity index is 1.97. The smallest absolute Gasteiger partial charge is 0.0664 e. The molecule has 94 valence electrons. The molecule has 2 rings (SSSR count). The molecule has 0 aromatic rings. The molecule has 16 heavy (non-hydrogen) atoms. The third-order valence-electron chi connectivity index (χ3n) is 4.53. The maximum absolute atomic E-state index is 9.70. The second-order valence-corrected chi connectivity index (χ2v) is 5.84. The standard InChI is InChI=1S/C13H26N2O/c1-11(12(2)16)15-8-4-6-13(10-15)5-3-7-14-9-13/h11-12,14,16H,3-10H2,1-2H3. The highest BCUT2D eigenvalue weighted by Gasteiger charge is 2.38. The van der Waals surface area contributed by atoms with Gasteiger partial charge in [-0.3, -0.25) is 4.90 Å². The highest BCUT2D eigenvalue weighted by molar-refractivity contribution is 4.93. The number of likely N-dealkylation sites (tertiary alicyclic amines) is 1. The summed E-state index contributed by atoms with van der Waals surface area (Å²) in [4.78, 5) is 2.49. The summed E-state index contributed by atoms with van der Waals surface area (Å²) in [5.41, 5.74) is 0.500. The van der Waals surface area contributed by atoms with Crippen molar-refractivity contribution in [2.75, 3.05) is 26.2 Å². The first-order valence-electron chi connectivity index (χ1n) is 6.76. The molecule has 0 amide bonds. The Bertz CT molecular complexity index is 218. The van der Waals surface area contributed by atoms with Crippen LogP contribution < -0.4 is 5.32 Å². The van der Waals surface area contributed by atoms with E-state index in [0.717, 1.165) is 6.54 Å². The first-order chi connectivity index (χ1) is 7.63. The number of piperidine rings is 2. The van der Waals surface area contributed by atoms with Gasteiger partial charge in [-0.2, -0.15) is 0 Å². The van der Waals surface area contributed by atoms with Crippen LogP contribution in [0, 0.1) is 5.41 Å². The van der Waals surface area contributed by atoms with Crippen molar-refractivity contribution in [1.82, 2.24) is 10.2 Å². The van der Waals surface area contributed by atoms with E-state index in [2.05, 4.69) is 17.1 Å². The van der Waals surface area contributed by atoms with Gasteiger partial charge >= 0.3 is 0 Å². The lowest BCUT2D eigenvalue weighted by molar-refractivity contribution is 0.000443. The molecule has 1 spiro atoms. The molecule has 2 fully saturated rings. The third-order valence-corrected chi connectivity index (χ3v) is 4.53. The van der Waals surface area contributed by atoms with E-state index in [-0.39, 0.29) is 6.10 Å². The van der Waals surface area contributed by atoms with E-state index < -0.39 is 0 Å². The van der Waals surface area contributed by atoms with Gasteiger partial charge in [0.1, 0.15) is 0 Å². The van der Waals surface area contributed by atoms with Crippen molar-refractivity contribution in [3.8, 4) is 0 Å². The molecule has 3 heteroatoms. The Kier molecular flexibility index (Phi) is 3.88. The van der Waals surface area contributed by atoms with Gasteiger partial charge in [0.25, 0.3) is 0 Å². The molecule has 0 bridgehead atoms.